The molecule has 6 nitrogen and oxygen atoms in total. The fourth-order valence-electron chi connectivity index (χ4n) is 1.77. The van der Waals surface area contributed by atoms with Gasteiger partial charge in [-0.3, -0.25) is 4.79 Å². The molecule has 1 saturated heterocycles. The van der Waals surface area contributed by atoms with E-state index in [0.29, 0.717) is 4.31 Å². The predicted molar refractivity (Wildman–Crippen MR) is 54.9 cm³/mol. The molecule has 1 N–H and O–H groups in total. The van der Waals surface area contributed by atoms with Gasteiger partial charge in [0.1, 0.15) is 0 Å². The molecule has 106 valence electrons. The van der Waals surface area contributed by atoms with Crippen LogP contribution in [0.3, 0.4) is 0 Å². The molecule has 0 aromatic heterocycles. The number of alkyl halides is 3. The van der Waals surface area contributed by atoms with Crippen molar-refractivity contribution in [1.82, 2.24) is 8.61 Å². The van der Waals surface area contributed by atoms with Crippen LogP contribution in [0.5, 0.6) is 0 Å². The molecule has 0 aromatic rings. The van der Waals surface area contributed by atoms with E-state index >= 15 is 0 Å². The molecule has 0 aliphatic carbocycles. The summed E-state index contributed by atoms with van der Waals surface area (Å²) in [6, 6.07) is 0. The van der Waals surface area contributed by atoms with E-state index in [4.69, 9.17) is 5.11 Å². The normalized spacial score (nSPS) is 26.8. The summed E-state index contributed by atoms with van der Waals surface area (Å²) in [5.41, 5.74) is 0. The van der Waals surface area contributed by atoms with Crippen LogP contribution in [-0.2, 0) is 15.0 Å². The second-order valence-electron chi connectivity index (χ2n) is 4.20. The SMILES string of the molecule is CN(C)S(=O)(=O)N1C[C@H](C(=O)O)[C@@H](C(F)(F)F)C1. The zero-order valence-corrected chi connectivity index (χ0v) is 10.5. The van der Waals surface area contributed by atoms with Gasteiger partial charge in [0.2, 0.25) is 0 Å². The maximum absolute atomic E-state index is 12.6. The van der Waals surface area contributed by atoms with E-state index in [1.807, 2.05) is 0 Å². The van der Waals surface area contributed by atoms with Crippen LogP contribution in [0.25, 0.3) is 0 Å². The number of carboxylic acid groups (broad SMARTS) is 1. The Hall–Kier alpha value is -0.870. The molecule has 1 rings (SSSR count). The van der Waals surface area contributed by atoms with Crippen molar-refractivity contribution in [3.63, 3.8) is 0 Å². The average Bonchev–Trinajstić information content (AvgIpc) is 2.61. The van der Waals surface area contributed by atoms with E-state index in [1.54, 1.807) is 0 Å². The van der Waals surface area contributed by atoms with Crippen LogP contribution in [-0.4, -0.2) is 61.5 Å². The summed E-state index contributed by atoms with van der Waals surface area (Å²) < 4.78 is 62.5. The highest BCUT2D eigenvalue weighted by Gasteiger charge is 2.55. The second kappa shape index (κ2) is 4.67. The maximum atomic E-state index is 12.6. The average molecular weight is 290 g/mol. The first-order valence-corrected chi connectivity index (χ1v) is 6.34. The summed E-state index contributed by atoms with van der Waals surface area (Å²) in [6.45, 7) is -1.53. The van der Waals surface area contributed by atoms with Gasteiger partial charge in [-0.25, -0.2) is 0 Å². The minimum absolute atomic E-state index is 0.546. The van der Waals surface area contributed by atoms with Crippen molar-refractivity contribution in [1.29, 1.82) is 0 Å². The van der Waals surface area contributed by atoms with Gasteiger partial charge in [-0.15, -0.1) is 0 Å². The highest BCUT2D eigenvalue weighted by molar-refractivity contribution is 7.86. The number of carboxylic acids is 1. The number of carbonyl (C=O) groups is 1. The molecule has 0 unspecified atom stereocenters. The van der Waals surface area contributed by atoms with Crippen LogP contribution < -0.4 is 0 Å². The van der Waals surface area contributed by atoms with Crippen molar-refractivity contribution >= 4 is 16.2 Å². The first-order chi connectivity index (χ1) is 7.98. The van der Waals surface area contributed by atoms with Crippen molar-refractivity contribution in [2.24, 2.45) is 11.8 Å². The number of hydrogen-bond donors (Lipinski definition) is 1. The van der Waals surface area contributed by atoms with Crippen LogP contribution in [0.2, 0.25) is 0 Å². The number of halogens is 3. The fraction of sp³-hybridized carbons (Fsp3) is 0.875. The van der Waals surface area contributed by atoms with Crippen LogP contribution in [0.4, 0.5) is 13.2 Å². The summed E-state index contributed by atoms with van der Waals surface area (Å²) in [4.78, 5) is 10.8. The Labute approximate surface area is 102 Å². The molecule has 2 atom stereocenters. The third-order valence-electron chi connectivity index (χ3n) is 2.81. The van der Waals surface area contributed by atoms with Gasteiger partial charge in [0.05, 0.1) is 11.8 Å². The van der Waals surface area contributed by atoms with Gasteiger partial charge < -0.3 is 5.11 Å². The third kappa shape index (κ3) is 2.75. The van der Waals surface area contributed by atoms with Crippen LogP contribution >= 0.6 is 0 Å². The Kier molecular flexibility index (Phi) is 3.94. The number of hydrogen-bond acceptors (Lipinski definition) is 3. The minimum Gasteiger partial charge on any atom is -0.481 e. The van der Waals surface area contributed by atoms with E-state index in [0.717, 1.165) is 4.31 Å². The zero-order valence-electron chi connectivity index (χ0n) is 9.68. The van der Waals surface area contributed by atoms with Gasteiger partial charge in [0.15, 0.2) is 0 Å². The Bertz CT molecular complexity index is 434. The molecule has 0 saturated carbocycles. The Morgan fingerprint density at radius 2 is 1.83 bits per heavy atom. The molecule has 1 aliphatic heterocycles. The lowest BCUT2D eigenvalue weighted by molar-refractivity contribution is -0.187. The molecule has 18 heavy (non-hydrogen) atoms. The lowest BCUT2D eigenvalue weighted by atomic mass is 9.96. The van der Waals surface area contributed by atoms with Gasteiger partial charge in [0.25, 0.3) is 10.2 Å². The maximum Gasteiger partial charge on any atom is 0.393 e. The Morgan fingerprint density at radius 1 is 1.33 bits per heavy atom. The van der Waals surface area contributed by atoms with Gasteiger partial charge in [-0.2, -0.15) is 30.2 Å². The summed E-state index contributed by atoms with van der Waals surface area (Å²) in [5.74, 6) is -5.58. The van der Waals surface area contributed by atoms with E-state index in [9.17, 15) is 26.4 Å². The van der Waals surface area contributed by atoms with Crippen LogP contribution in [0.15, 0.2) is 0 Å². The molecule has 0 bridgehead atoms. The molecular formula is C8H13F3N2O4S. The summed E-state index contributed by atoms with van der Waals surface area (Å²) in [5, 5.41) is 8.73. The van der Waals surface area contributed by atoms with Crippen molar-refractivity contribution in [2.75, 3.05) is 27.2 Å². The molecule has 0 radical (unpaired) electrons. The van der Waals surface area contributed by atoms with Crippen molar-refractivity contribution < 1.29 is 31.5 Å². The summed E-state index contributed by atoms with van der Waals surface area (Å²) >= 11 is 0. The quantitative estimate of drug-likeness (QED) is 0.793. The van der Waals surface area contributed by atoms with E-state index in [1.165, 1.54) is 14.1 Å². The Morgan fingerprint density at radius 3 is 2.11 bits per heavy atom. The summed E-state index contributed by atoms with van der Waals surface area (Å²) in [6.07, 6.45) is -4.74. The smallest absolute Gasteiger partial charge is 0.393 e. The zero-order chi connectivity index (χ0) is 14.3. The largest absolute Gasteiger partial charge is 0.481 e. The molecule has 1 fully saturated rings. The third-order valence-corrected chi connectivity index (χ3v) is 4.69. The van der Waals surface area contributed by atoms with E-state index in [2.05, 4.69) is 0 Å². The van der Waals surface area contributed by atoms with Gasteiger partial charge in [-0.05, 0) is 0 Å². The lowest BCUT2D eigenvalue weighted by Gasteiger charge is -2.21. The van der Waals surface area contributed by atoms with Gasteiger partial charge >= 0.3 is 12.1 Å². The lowest BCUT2D eigenvalue weighted by Crippen LogP contribution is -2.39. The molecule has 0 spiro atoms. The second-order valence-corrected chi connectivity index (χ2v) is 6.34. The van der Waals surface area contributed by atoms with E-state index < -0.39 is 47.3 Å². The number of aliphatic carboxylic acids is 1. The molecule has 1 aliphatic rings. The first-order valence-electron chi connectivity index (χ1n) is 4.95. The molecule has 10 heteroatoms. The molecule has 0 amide bonds. The molecule has 0 aromatic carbocycles. The highest BCUT2D eigenvalue weighted by atomic mass is 32.2. The van der Waals surface area contributed by atoms with Gasteiger partial charge in [-0.1, -0.05) is 0 Å². The highest BCUT2D eigenvalue weighted by Crippen LogP contribution is 2.38. The Balaban J connectivity index is 3.03. The predicted octanol–water partition coefficient (Wildman–Crippen LogP) is -0.0123. The summed E-state index contributed by atoms with van der Waals surface area (Å²) in [7, 11) is -1.69. The van der Waals surface area contributed by atoms with Crippen molar-refractivity contribution in [2.45, 2.75) is 6.18 Å². The minimum atomic E-state index is -4.74. The monoisotopic (exact) mass is 290 g/mol. The topological polar surface area (TPSA) is 77.9 Å². The van der Waals surface area contributed by atoms with Crippen LogP contribution in [0, 0.1) is 11.8 Å². The van der Waals surface area contributed by atoms with Crippen molar-refractivity contribution in [3.05, 3.63) is 0 Å². The van der Waals surface area contributed by atoms with Crippen molar-refractivity contribution in [3.8, 4) is 0 Å². The van der Waals surface area contributed by atoms with E-state index in [-0.39, 0.29) is 0 Å². The van der Waals surface area contributed by atoms with Crippen LogP contribution in [0.1, 0.15) is 0 Å². The number of nitrogens with zero attached hydrogens (tertiary/aromatic N) is 2. The molecular weight excluding hydrogens is 277 g/mol. The first kappa shape index (κ1) is 15.2. The standard InChI is InChI=1S/C8H13F3N2O4S/c1-12(2)18(16,17)13-3-5(7(14)15)6(4-13)8(9,10)11/h5-6H,3-4H2,1-2H3,(H,14,15)/t5-,6-/m0/s1. The van der Waals surface area contributed by atoms with Gasteiger partial charge in [0, 0.05) is 27.2 Å². The number of rotatable bonds is 3. The fourth-order valence-corrected chi connectivity index (χ4v) is 2.93. The molecule has 1 heterocycles.